The van der Waals surface area contributed by atoms with Crippen LogP contribution in [0.15, 0.2) is 52.3 Å². The lowest BCUT2D eigenvalue weighted by atomic mass is 9.73. The molecule has 9 heteroatoms. The van der Waals surface area contributed by atoms with E-state index in [0.717, 1.165) is 47.6 Å². The Morgan fingerprint density at radius 1 is 1.00 bits per heavy atom. The number of alkyl halides is 3. The normalized spacial score (nSPS) is 19.5. The average molecular weight is 449 g/mol. The lowest BCUT2D eigenvalue weighted by molar-refractivity contribution is -0.137. The number of halogens is 3. The number of hydrogen-bond acceptors (Lipinski definition) is 4. The Morgan fingerprint density at radius 3 is 2.42 bits per heavy atom. The minimum absolute atomic E-state index is 0.112. The van der Waals surface area contributed by atoms with E-state index >= 15 is 0 Å². The molecule has 1 amide bonds. The molecule has 3 aliphatic rings. The first-order valence-corrected chi connectivity index (χ1v) is 11.0. The van der Waals surface area contributed by atoms with Gasteiger partial charge in [0.05, 0.1) is 16.9 Å². The Kier molecular flexibility index (Phi) is 4.86. The standard InChI is InChI=1S/C22H22F3N3O2S/c23-22(24,25)15-6-7-19-17(10-15)28(16-4-1-2-5-18(16)31-19)9-3-8-26-11-21(12-26)13-27(14-21)20(29)30/h1-2,4-7,10H,3,8-9,11-14H2,(H,29,30). The van der Waals surface area contributed by atoms with Gasteiger partial charge >= 0.3 is 12.3 Å². The third-order valence-corrected chi connectivity index (χ3v) is 7.38. The summed E-state index contributed by atoms with van der Waals surface area (Å²) >= 11 is 1.50. The molecule has 1 N–H and O–H groups in total. The molecule has 0 unspecified atom stereocenters. The Balaban J connectivity index is 1.27. The molecule has 2 saturated heterocycles. The molecule has 0 atom stereocenters. The summed E-state index contributed by atoms with van der Waals surface area (Å²) in [6.07, 6.45) is -4.42. The maximum absolute atomic E-state index is 13.3. The third kappa shape index (κ3) is 3.74. The van der Waals surface area contributed by atoms with Crippen molar-refractivity contribution in [2.75, 3.05) is 44.2 Å². The second-order valence-electron chi connectivity index (χ2n) is 8.60. The van der Waals surface area contributed by atoms with Crippen molar-refractivity contribution < 1.29 is 23.1 Å². The van der Waals surface area contributed by atoms with Gasteiger partial charge in [-0.1, -0.05) is 23.9 Å². The summed E-state index contributed by atoms with van der Waals surface area (Å²) in [5.41, 5.74) is 1.03. The van der Waals surface area contributed by atoms with Crippen molar-refractivity contribution in [2.24, 2.45) is 5.41 Å². The highest BCUT2D eigenvalue weighted by Gasteiger charge is 2.52. The van der Waals surface area contributed by atoms with Crippen molar-refractivity contribution in [3.63, 3.8) is 0 Å². The Labute approximate surface area is 182 Å². The quantitative estimate of drug-likeness (QED) is 0.712. The van der Waals surface area contributed by atoms with E-state index in [9.17, 15) is 18.0 Å². The molecule has 2 aromatic carbocycles. The van der Waals surface area contributed by atoms with Gasteiger partial charge in [0.1, 0.15) is 0 Å². The summed E-state index contributed by atoms with van der Waals surface area (Å²) in [6, 6.07) is 11.8. The minimum Gasteiger partial charge on any atom is -0.465 e. The number of benzene rings is 2. The average Bonchev–Trinajstić information content (AvgIpc) is 2.66. The molecule has 2 aromatic rings. The summed E-state index contributed by atoms with van der Waals surface area (Å²) in [6.45, 7) is 4.44. The van der Waals surface area contributed by atoms with E-state index in [1.165, 1.54) is 22.7 Å². The predicted molar refractivity (Wildman–Crippen MR) is 112 cm³/mol. The molecule has 0 aromatic heterocycles. The largest absolute Gasteiger partial charge is 0.465 e. The summed E-state index contributed by atoms with van der Waals surface area (Å²) in [5.74, 6) is 0. The zero-order valence-electron chi connectivity index (χ0n) is 16.7. The Bertz CT molecular complexity index is 1020. The fourth-order valence-electron chi connectivity index (χ4n) is 4.86. The highest BCUT2D eigenvalue weighted by atomic mass is 32.2. The third-order valence-electron chi connectivity index (χ3n) is 6.25. The van der Waals surface area contributed by atoms with Crippen LogP contribution in [0.4, 0.5) is 29.3 Å². The van der Waals surface area contributed by atoms with E-state index in [-0.39, 0.29) is 5.41 Å². The monoisotopic (exact) mass is 449 g/mol. The number of anilines is 2. The lowest BCUT2D eigenvalue weighted by Crippen LogP contribution is -2.72. The van der Waals surface area contributed by atoms with Crippen molar-refractivity contribution in [3.05, 3.63) is 48.0 Å². The molecule has 31 heavy (non-hydrogen) atoms. The van der Waals surface area contributed by atoms with Crippen LogP contribution in [-0.2, 0) is 6.18 Å². The number of hydrogen-bond donors (Lipinski definition) is 1. The molecular weight excluding hydrogens is 427 g/mol. The highest BCUT2D eigenvalue weighted by molar-refractivity contribution is 7.99. The zero-order chi connectivity index (χ0) is 21.8. The van der Waals surface area contributed by atoms with Crippen LogP contribution < -0.4 is 4.90 Å². The molecule has 5 nitrogen and oxygen atoms in total. The lowest BCUT2D eigenvalue weighted by Gasteiger charge is -2.59. The van der Waals surface area contributed by atoms with E-state index < -0.39 is 17.8 Å². The van der Waals surface area contributed by atoms with Crippen LogP contribution >= 0.6 is 11.8 Å². The molecule has 3 aliphatic heterocycles. The molecule has 0 aliphatic carbocycles. The molecule has 0 radical (unpaired) electrons. The van der Waals surface area contributed by atoms with E-state index in [0.29, 0.717) is 25.3 Å². The Morgan fingerprint density at radius 2 is 1.71 bits per heavy atom. The van der Waals surface area contributed by atoms with Crippen LogP contribution in [0.25, 0.3) is 0 Å². The summed E-state index contributed by atoms with van der Waals surface area (Å²) in [7, 11) is 0. The molecule has 2 fully saturated rings. The SMILES string of the molecule is O=C(O)N1CC2(CN(CCCN3c4ccccc4Sc4ccc(C(F)(F)F)cc43)C2)C1. The molecule has 1 spiro atoms. The van der Waals surface area contributed by atoms with Crippen LogP contribution in [0.3, 0.4) is 0 Å². The summed E-state index contributed by atoms with van der Waals surface area (Å²) < 4.78 is 39.9. The van der Waals surface area contributed by atoms with Crippen LogP contribution in [-0.4, -0.2) is 60.3 Å². The van der Waals surface area contributed by atoms with Crippen LogP contribution in [0.5, 0.6) is 0 Å². The first-order chi connectivity index (χ1) is 14.7. The van der Waals surface area contributed by atoms with Gasteiger partial charge in [0.2, 0.25) is 0 Å². The second kappa shape index (κ2) is 7.34. The minimum atomic E-state index is -4.37. The number of nitrogens with zero attached hydrogens (tertiary/aromatic N) is 3. The zero-order valence-corrected chi connectivity index (χ0v) is 17.5. The molecular formula is C22H22F3N3O2S. The summed E-state index contributed by atoms with van der Waals surface area (Å²) in [4.78, 5) is 18.6. The van der Waals surface area contributed by atoms with Crippen molar-refractivity contribution in [1.29, 1.82) is 0 Å². The van der Waals surface area contributed by atoms with Gasteiger partial charge < -0.3 is 19.8 Å². The number of fused-ring (bicyclic) bond motifs is 2. The van der Waals surface area contributed by atoms with Crippen molar-refractivity contribution in [2.45, 2.75) is 22.4 Å². The van der Waals surface area contributed by atoms with Crippen molar-refractivity contribution >= 4 is 29.2 Å². The van der Waals surface area contributed by atoms with Crippen molar-refractivity contribution in [1.82, 2.24) is 9.80 Å². The van der Waals surface area contributed by atoms with Gasteiger partial charge in [-0.05, 0) is 43.3 Å². The van der Waals surface area contributed by atoms with E-state index in [1.807, 2.05) is 29.2 Å². The Hall–Kier alpha value is -2.39. The van der Waals surface area contributed by atoms with Crippen LogP contribution in [0.2, 0.25) is 0 Å². The number of carbonyl (C=O) groups is 1. The molecule has 0 bridgehead atoms. The van der Waals surface area contributed by atoms with Gasteiger partial charge in [-0.2, -0.15) is 13.2 Å². The fraction of sp³-hybridized carbons (Fsp3) is 0.409. The smallest absolute Gasteiger partial charge is 0.416 e. The van der Waals surface area contributed by atoms with Gasteiger partial charge in [-0.15, -0.1) is 0 Å². The first-order valence-electron chi connectivity index (χ1n) is 10.2. The van der Waals surface area contributed by atoms with E-state index in [4.69, 9.17) is 5.11 Å². The summed E-state index contributed by atoms with van der Waals surface area (Å²) in [5, 5.41) is 9.00. The van der Waals surface area contributed by atoms with Gasteiger partial charge in [0.15, 0.2) is 0 Å². The van der Waals surface area contributed by atoms with E-state index in [1.54, 1.807) is 6.07 Å². The van der Waals surface area contributed by atoms with Crippen molar-refractivity contribution in [3.8, 4) is 0 Å². The van der Waals surface area contributed by atoms with Gasteiger partial charge in [-0.3, -0.25) is 0 Å². The molecule has 0 saturated carbocycles. The van der Waals surface area contributed by atoms with Crippen LogP contribution in [0.1, 0.15) is 12.0 Å². The number of carboxylic acid groups (broad SMARTS) is 1. The fourth-order valence-corrected chi connectivity index (χ4v) is 5.93. The number of likely N-dealkylation sites (tertiary alicyclic amines) is 2. The molecule has 5 rings (SSSR count). The second-order valence-corrected chi connectivity index (χ2v) is 9.69. The van der Waals surface area contributed by atoms with Gasteiger partial charge in [0.25, 0.3) is 0 Å². The molecule has 3 heterocycles. The van der Waals surface area contributed by atoms with Crippen LogP contribution in [0, 0.1) is 5.41 Å². The number of amides is 1. The maximum Gasteiger partial charge on any atom is 0.416 e. The molecule has 164 valence electrons. The highest BCUT2D eigenvalue weighted by Crippen LogP contribution is 2.49. The van der Waals surface area contributed by atoms with Gasteiger partial charge in [-0.25, -0.2) is 4.79 Å². The van der Waals surface area contributed by atoms with E-state index in [2.05, 4.69) is 4.90 Å². The number of para-hydroxylation sites is 1. The first kappa shape index (κ1) is 20.5. The number of rotatable bonds is 4. The topological polar surface area (TPSA) is 47.0 Å². The van der Waals surface area contributed by atoms with Gasteiger partial charge in [0, 0.05) is 47.9 Å². The maximum atomic E-state index is 13.3. The predicted octanol–water partition coefficient (Wildman–Crippen LogP) is 4.99.